The molecule has 2 heteroatoms. The molecule has 0 saturated carbocycles. The maximum absolute atomic E-state index is 12.8. The monoisotopic (exact) mass is 398 g/mol. The van der Waals surface area contributed by atoms with Crippen molar-refractivity contribution < 1.29 is 4.21 Å². The van der Waals surface area contributed by atoms with Crippen molar-refractivity contribution in [3.63, 3.8) is 0 Å². The van der Waals surface area contributed by atoms with E-state index in [0.29, 0.717) is 23.7 Å². The van der Waals surface area contributed by atoms with Crippen LogP contribution >= 0.6 is 0 Å². The Hall–Kier alpha value is -1.41. The van der Waals surface area contributed by atoms with E-state index < -0.39 is 10.8 Å². The number of hydrogen-bond donors (Lipinski definition) is 0. The van der Waals surface area contributed by atoms with E-state index in [1.54, 1.807) is 0 Å². The van der Waals surface area contributed by atoms with Crippen LogP contribution in [0, 0.1) is 37.5 Å². The molecule has 0 fully saturated rings. The minimum Gasteiger partial charge on any atom is -0.260 e. The molecule has 4 atom stereocenters. The summed E-state index contributed by atoms with van der Waals surface area (Å²) in [6.07, 6.45) is 2.13. The first kappa shape index (κ1) is 22.9. The standard InChI is InChI=1S/C26H38OS/c1-19-7-11-25(12-8-19)15-21(3)23(5)17-28(27)18-24(6)22(4)16-26-13-9-20(2)10-14-26/h7-14,21-24H,15-18H2,1-6H3/t21?,22?,23-,24-,28?/m1/s1. The Labute approximate surface area is 175 Å². The lowest BCUT2D eigenvalue weighted by Crippen LogP contribution is -2.24. The predicted octanol–water partition coefficient (Wildman–Crippen LogP) is 6.38. The second-order valence-corrected chi connectivity index (χ2v) is 10.6. The normalized spacial score (nSPS) is 16.9. The zero-order valence-electron chi connectivity index (χ0n) is 18.6. The van der Waals surface area contributed by atoms with E-state index in [0.717, 1.165) is 24.3 Å². The Morgan fingerprint density at radius 3 is 1.25 bits per heavy atom. The molecule has 0 amide bonds. The van der Waals surface area contributed by atoms with Crippen LogP contribution < -0.4 is 0 Å². The first-order valence-corrected chi connectivity index (χ1v) is 12.2. The van der Waals surface area contributed by atoms with Gasteiger partial charge in [-0.1, -0.05) is 87.4 Å². The summed E-state index contributed by atoms with van der Waals surface area (Å²) in [7, 11) is -0.745. The lowest BCUT2D eigenvalue weighted by Gasteiger charge is -2.23. The first-order valence-electron chi connectivity index (χ1n) is 10.7. The van der Waals surface area contributed by atoms with Gasteiger partial charge in [-0.05, 0) is 61.5 Å². The number of rotatable bonds is 10. The van der Waals surface area contributed by atoms with Gasteiger partial charge in [-0.2, -0.15) is 0 Å². The fourth-order valence-electron chi connectivity index (χ4n) is 3.58. The molecule has 0 aromatic heterocycles. The second-order valence-electron chi connectivity index (χ2n) is 9.06. The third kappa shape index (κ3) is 7.54. The molecule has 2 aromatic carbocycles. The molecule has 0 N–H and O–H groups in total. The van der Waals surface area contributed by atoms with Crippen molar-refractivity contribution in [2.75, 3.05) is 11.5 Å². The summed E-state index contributed by atoms with van der Waals surface area (Å²) < 4.78 is 12.8. The van der Waals surface area contributed by atoms with E-state index in [1.165, 1.54) is 22.3 Å². The predicted molar refractivity (Wildman–Crippen MR) is 124 cm³/mol. The van der Waals surface area contributed by atoms with Crippen LogP contribution in [0.5, 0.6) is 0 Å². The van der Waals surface area contributed by atoms with Crippen LogP contribution in [0.3, 0.4) is 0 Å². The molecule has 0 heterocycles. The van der Waals surface area contributed by atoms with Crippen LogP contribution in [0.25, 0.3) is 0 Å². The zero-order chi connectivity index (χ0) is 20.7. The highest BCUT2D eigenvalue weighted by molar-refractivity contribution is 7.85. The topological polar surface area (TPSA) is 17.1 Å². The van der Waals surface area contributed by atoms with E-state index in [9.17, 15) is 4.21 Å². The molecule has 28 heavy (non-hydrogen) atoms. The number of benzene rings is 2. The van der Waals surface area contributed by atoms with Gasteiger partial charge in [0.05, 0.1) is 0 Å². The summed E-state index contributed by atoms with van der Waals surface area (Å²) in [5.41, 5.74) is 5.38. The quantitative estimate of drug-likeness (QED) is 0.454. The van der Waals surface area contributed by atoms with E-state index in [1.807, 2.05) is 0 Å². The fourth-order valence-corrected chi connectivity index (χ4v) is 5.54. The van der Waals surface area contributed by atoms with Gasteiger partial charge < -0.3 is 0 Å². The molecular weight excluding hydrogens is 360 g/mol. The minimum absolute atomic E-state index is 0.474. The van der Waals surface area contributed by atoms with E-state index in [4.69, 9.17) is 0 Å². The Morgan fingerprint density at radius 1 is 0.607 bits per heavy atom. The fraction of sp³-hybridized carbons (Fsp3) is 0.538. The summed E-state index contributed by atoms with van der Waals surface area (Å²) >= 11 is 0. The van der Waals surface area contributed by atoms with Crippen molar-refractivity contribution in [3.05, 3.63) is 70.8 Å². The Balaban J connectivity index is 1.79. The van der Waals surface area contributed by atoms with Crippen molar-refractivity contribution >= 4 is 10.8 Å². The van der Waals surface area contributed by atoms with E-state index in [2.05, 4.69) is 90.1 Å². The summed E-state index contributed by atoms with van der Waals surface area (Å²) in [5, 5.41) is 0. The average Bonchev–Trinajstić information content (AvgIpc) is 2.65. The smallest absolute Gasteiger partial charge is 0.0263 e. The van der Waals surface area contributed by atoms with Gasteiger partial charge in [0.1, 0.15) is 0 Å². The van der Waals surface area contributed by atoms with E-state index >= 15 is 0 Å². The SMILES string of the molecule is Cc1ccc(CC(C)[C@H](C)CS(=O)C[C@@H](C)C(C)Cc2ccc(C)cc2)cc1. The van der Waals surface area contributed by atoms with Crippen LogP contribution in [-0.2, 0) is 23.6 Å². The molecule has 0 aliphatic carbocycles. The Bertz CT molecular complexity index is 669. The summed E-state index contributed by atoms with van der Waals surface area (Å²) in [6.45, 7) is 13.4. The van der Waals surface area contributed by atoms with Gasteiger partial charge in [0.2, 0.25) is 0 Å². The lowest BCUT2D eigenvalue weighted by atomic mass is 9.90. The molecule has 0 aliphatic rings. The Morgan fingerprint density at radius 2 is 0.929 bits per heavy atom. The average molecular weight is 399 g/mol. The van der Waals surface area contributed by atoms with E-state index in [-0.39, 0.29) is 0 Å². The van der Waals surface area contributed by atoms with Crippen LogP contribution in [0.4, 0.5) is 0 Å². The largest absolute Gasteiger partial charge is 0.260 e. The molecule has 154 valence electrons. The van der Waals surface area contributed by atoms with Crippen molar-refractivity contribution in [3.8, 4) is 0 Å². The molecule has 0 aliphatic heterocycles. The molecule has 0 radical (unpaired) electrons. The third-order valence-corrected chi connectivity index (χ3v) is 7.99. The van der Waals surface area contributed by atoms with Crippen molar-refractivity contribution in [1.29, 1.82) is 0 Å². The van der Waals surface area contributed by atoms with Crippen LogP contribution in [-0.4, -0.2) is 15.7 Å². The summed E-state index contributed by atoms with van der Waals surface area (Å²) in [4.78, 5) is 0. The van der Waals surface area contributed by atoms with Gasteiger partial charge in [-0.3, -0.25) is 4.21 Å². The van der Waals surface area contributed by atoms with Crippen molar-refractivity contribution in [1.82, 2.24) is 0 Å². The lowest BCUT2D eigenvalue weighted by molar-refractivity contribution is 0.409. The molecule has 0 bridgehead atoms. The summed E-state index contributed by atoms with van der Waals surface area (Å²) in [5.74, 6) is 3.67. The Kier molecular flexibility index (Phi) is 8.95. The number of aryl methyl sites for hydroxylation is 2. The van der Waals surface area contributed by atoms with Crippen molar-refractivity contribution in [2.24, 2.45) is 23.7 Å². The van der Waals surface area contributed by atoms with Gasteiger partial charge in [0, 0.05) is 22.3 Å². The van der Waals surface area contributed by atoms with Crippen molar-refractivity contribution in [2.45, 2.75) is 54.4 Å². The molecule has 2 rings (SSSR count). The highest BCUT2D eigenvalue weighted by Crippen LogP contribution is 2.22. The van der Waals surface area contributed by atoms with Crippen LogP contribution in [0.1, 0.15) is 49.9 Å². The molecule has 0 saturated heterocycles. The molecule has 1 nitrogen and oxygen atoms in total. The third-order valence-electron chi connectivity index (χ3n) is 6.20. The van der Waals surface area contributed by atoms with Crippen LogP contribution in [0.15, 0.2) is 48.5 Å². The van der Waals surface area contributed by atoms with Gasteiger partial charge >= 0.3 is 0 Å². The first-order chi connectivity index (χ1) is 13.2. The highest BCUT2D eigenvalue weighted by Gasteiger charge is 2.20. The maximum Gasteiger partial charge on any atom is 0.0263 e. The summed E-state index contributed by atoms with van der Waals surface area (Å²) in [6, 6.07) is 17.6. The highest BCUT2D eigenvalue weighted by atomic mass is 32.2. The van der Waals surface area contributed by atoms with Gasteiger partial charge in [0.15, 0.2) is 0 Å². The number of hydrogen-bond acceptors (Lipinski definition) is 1. The van der Waals surface area contributed by atoms with Gasteiger partial charge in [0.25, 0.3) is 0 Å². The maximum atomic E-state index is 12.8. The second kappa shape index (κ2) is 11.0. The molecular formula is C26H38OS. The molecule has 0 spiro atoms. The molecule has 2 aromatic rings. The van der Waals surface area contributed by atoms with Crippen LogP contribution in [0.2, 0.25) is 0 Å². The molecule has 2 unspecified atom stereocenters. The minimum atomic E-state index is -0.745. The van der Waals surface area contributed by atoms with Gasteiger partial charge in [-0.25, -0.2) is 0 Å². The zero-order valence-corrected chi connectivity index (χ0v) is 19.4. The van der Waals surface area contributed by atoms with Gasteiger partial charge in [-0.15, -0.1) is 0 Å².